The van der Waals surface area contributed by atoms with Crippen LogP contribution in [-0.4, -0.2) is 16.8 Å². The summed E-state index contributed by atoms with van der Waals surface area (Å²) in [6, 6.07) is 17.4. The van der Waals surface area contributed by atoms with Crippen LogP contribution in [0.25, 0.3) is 0 Å². The highest BCUT2D eigenvalue weighted by Crippen LogP contribution is 2.12. The number of nitriles is 1. The molecule has 0 saturated carbocycles. The van der Waals surface area contributed by atoms with Crippen LogP contribution in [0.5, 0.6) is 0 Å². The lowest BCUT2D eigenvalue weighted by Crippen LogP contribution is -2.24. The molecule has 0 aliphatic heterocycles. The van der Waals surface area contributed by atoms with Crippen LogP contribution in [0.1, 0.15) is 32.0 Å². The molecule has 138 valence electrons. The molecule has 1 aromatic heterocycles. The average Bonchev–Trinajstić information content (AvgIpc) is 2.73. The van der Waals surface area contributed by atoms with E-state index < -0.39 is 17.6 Å². The summed E-state index contributed by atoms with van der Waals surface area (Å²) in [5.41, 5.74) is 1.48. The van der Waals surface area contributed by atoms with Gasteiger partial charge in [-0.2, -0.15) is 5.26 Å². The second-order valence-electron chi connectivity index (χ2n) is 5.85. The first-order valence-corrected chi connectivity index (χ1v) is 8.36. The minimum Gasteiger partial charge on any atom is -0.348 e. The molecule has 3 rings (SSSR count). The third-order valence-corrected chi connectivity index (χ3v) is 3.90. The van der Waals surface area contributed by atoms with Crippen LogP contribution in [-0.2, 0) is 6.54 Å². The van der Waals surface area contributed by atoms with Gasteiger partial charge in [-0.25, -0.2) is 4.39 Å². The number of carbonyl (C=O) groups is 2. The smallest absolute Gasteiger partial charge is 0.274 e. The first-order chi connectivity index (χ1) is 13.6. The number of carbonyl (C=O) groups excluding carboxylic acids is 2. The van der Waals surface area contributed by atoms with Crippen molar-refractivity contribution in [2.45, 2.75) is 6.54 Å². The Morgan fingerprint density at radius 1 is 1.04 bits per heavy atom. The van der Waals surface area contributed by atoms with Gasteiger partial charge in [0.2, 0.25) is 0 Å². The molecule has 2 amide bonds. The maximum atomic E-state index is 13.6. The van der Waals surface area contributed by atoms with E-state index in [-0.39, 0.29) is 17.8 Å². The minimum absolute atomic E-state index is 0.0241. The van der Waals surface area contributed by atoms with Gasteiger partial charge in [0.05, 0.1) is 11.6 Å². The molecular formula is C21H15FN4O2. The van der Waals surface area contributed by atoms with E-state index in [2.05, 4.69) is 15.6 Å². The number of aromatic nitrogens is 1. The Hall–Kier alpha value is -4.05. The molecule has 28 heavy (non-hydrogen) atoms. The van der Waals surface area contributed by atoms with Crippen LogP contribution in [0, 0.1) is 17.1 Å². The quantitative estimate of drug-likeness (QED) is 0.716. The predicted molar refractivity (Wildman–Crippen MR) is 101 cm³/mol. The lowest BCUT2D eigenvalue weighted by molar-refractivity contribution is 0.0950. The maximum absolute atomic E-state index is 13.6. The third-order valence-electron chi connectivity index (χ3n) is 3.90. The second-order valence-corrected chi connectivity index (χ2v) is 5.85. The van der Waals surface area contributed by atoms with E-state index in [9.17, 15) is 14.0 Å². The molecule has 0 aliphatic rings. The van der Waals surface area contributed by atoms with E-state index >= 15 is 0 Å². The Morgan fingerprint density at radius 2 is 1.86 bits per heavy atom. The van der Waals surface area contributed by atoms with Crippen molar-refractivity contribution in [2.24, 2.45) is 0 Å². The number of nitrogens with one attached hydrogen (secondary N) is 2. The number of rotatable bonds is 5. The molecular weight excluding hydrogens is 359 g/mol. The molecule has 1 heterocycles. The zero-order valence-corrected chi connectivity index (χ0v) is 14.6. The highest BCUT2D eigenvalue weighted by atomic mass is 19.1. The summed E-state index contributed by atoms with van der Waals surface area (Å²) in [5.74, 6) is -1.37. The Morgan fingerprint density at radius 3 is 2.64 bits per heavy atom. The van der Waals surface area contributed by atoms with Gasteiger partial charge in [0.25, 0.3) is 11.8 Å². The molecule has 6 nitrogen and oxygen atoms in total. The second kappa shape index (κ2) is 8.56. The molecule has 7 heteroatoms. The van der Waals surface area contributed by atoms with Gasteiger partial charge in [-0.1, -0.05) is 24.3 Å². The zero-order valence-electron chi connectivity index (χ0n) is 14.6. The zero-order chi connectivity index (χ0) is 19.9. The SMILES string of the molecule is N#Cc1cccc(NC(=O)c2cc(C(=O)NCc3ccccc3F)ccn2)c1. The van der Waals surface area contributed by atoms with E-state index in [1.54, 1.807) is 36.4 Å². The van der Waals surface area contributed by atoms with Crippen molar-refractivity contribution in [1.82, 2.24) is 10.3 Å². The highest BCUT2D eigenvalue weighted by molar-refractivity contribution is 6.04. The molecule has 0 radical (unpaired) electrons. The largest absolute Gasteiger partial charge is 0.348 e. The average molecular weight is 374 g/mol. The molecule has 0 aliphatic carbocycles. The lowest BCUT2D eigenvalue weighted by Gasteiger charge is -2.08. The van der Waals surface area contributed by atoms with Crippen molar-refractivity contribution in [3.63, 3.8) is 0 Å². The van der Waals surface area contributed by atoms with Gasteiger partial charge in [-0.3, -0.25) is 14.6 Å². The molecule has 0 spiro atoms. The van der Waals surface area contributed by atoms with Gasteiger partial charge >= 0.3 is 0 Å². The van der Waals surface area contributed by atoms with E-state index in [1.165, 1.54) is 30.5 Å². The molecule has 0 atom stereocenters. The van der Waals surface area contributed by atoms with Gasteiger partial charge in [-0.15, -0.1) is 0 Å². The summed E-state index contributed by atoms with van der Waals surface area (Å²) in [7, 11) is 0. The fraction of sp³-hybridized carbons (Fsp3) is 0.0476. The summed E-state index contributed by atoms with van der Waals surface area (Å²) >= 11 is 0. The van der Waals surface area contributed by atoms with Crippen LogP contribution >= 0.6 is 0 Å². The van der Waals surface area contributed by atoms with E-state index in [4.69, 9.17) is 5.26 Å². The molecule has 0 unspecified atom stereocenters. The van der Waals surface area contributed by atoms with Crippen molar-refractivity contribution in [1.29, 1.82) is 5.26 Å². The maximum Gasteiger partial charge on any atom is 0.274 e. The Balaban J connectivity index is 1.69. The Labute approximate surface area is 160 Å². The van der Waals surface area contributed by atoms with Gasteiger partial charge in [-0.05, 0) is 36.4 Å². The highest BCUT2D eigenvalue weighted by Gasteiger charge is 2.13. The van der Waals surface area contributed by atoms with Crippen molar-refractivity contribution in [3.8, 4) is 6.07 Å². The van der Waals surface area contributed by atoms with Crippen LogP contribution in [0.4, 0.5) is 10.1 Å². The van der Waals surface area contributed by atoms with Crippen LogP contribution in [0.2, 0.25) is 0 Å². The standard InChI is InChI=1S/C21H15FN4O2/c22-18-7-2-1-5-16(18)13-25-20(27)15-8-9-24-19(11-15)21(28)26-17-6-3-4-14(10-17)12-23/h1-11H,13H2,(H,25,27)(H,26,28). The molecule has 3 aromatic rings. The number of benzene rings is 2. The first-order valence-electron chi connectivity index (χ1n) is 8.36. The van der Waals surface area contributed by atoms with Gasteiger partial charge in [0.1, 0.15) is 11.5 Å². The number of hydrogen-bond donors (Lipinski definition) is 2. The topological polar surface area (TPSA) is 94.9 Å². The molecule has 2 aromatic carbocycles. The predicted octanol–water partition coefficient (Wildman–Crippen LogP) is 3.27. The number of hydrogen-bond acceptors (Lipinski definition) is 4. The van der Waals surface area contributed by atoms with Gasteiger partial charge in [0.15, 0.2) is 0 Å². The Kier molecular flexibility index (Phi) is 5.72. The minimum atomic E-state index is -0.515. The van der Waals surface area contributed by atoms with Crippen LogP contribution < -0.4 is 10.6 Å². The molecule has 0 bridgehead atoms. The van der Waals surface area contributed by atoms with Gasteiger partial charge < -0.3 is 10.6 Å². The molecule has 2 N–H and O–H groups in total. The first kappa shape index (κ1) is 18.7. The number of halogens is 1. The fourth-order valence-electron chi connectivity index (χ4n) is 2.48. The summed E-state index contributed by atoms with van der Waals surface area (Å²) in [4.78, 5) is 28.7. The number of pyridine rings is 1. The molecule has 0 saturated heterocycles. The number of anilines is 1. The normalized spacial score (nSPS) is 10.0. The van der Waals surface area contributed by atoms with E-state index in [1.807, 2.05) is 6.07 Å². The van der Waals surface area contributed by atoms with Crippen molar-refractivity contribution >= 4 is 17.5 Å². The summed E-state index contributed by atoms with van der Waals surface area (Å²) in [6.45, 7) is 0.0241. The van der Waals surface area contributed by atoms with Gasteiger partial charge in [0, 0.05) is 29.6 Å². The Bertz CT molecular complexity index is 1080. The van der Waals surface area contributed by atoms with Crippen LogP contribution in [0.15, 0.2) is 66.9 Å². The fourth-order valence-corrected chi connectivity index (χ4v) is 2.48. The van der Waals surface area contributed by atoms with Crippen LogP contribution in [0.3, 0.4) is 0 Å². The number of amides is 2. The third kappa shape index (κ3) is 4.56. The number of nitrogens with zero attached hydrogens (tertiary/aromatic N) is 2. The van der Waals surface area contributed by atoms with E-state index in [0.717, 1.165) is 0 Å². The summed E-state index contributed by atoms with van der Waals surface area (Å²) in [6.07, 6.45) is 1.35. The summed E-state index contributed by atoms with van der Waals surface area (Å²) in [5, 5.41) is 14.2. The monoisotopic (exact) mass is 374 g/mol. The van der Waals surface area contributed by atoms with Crippen molar-refractivity contribution in [3.05, 3.63) is 95.1 Å². The van der Waals surface area contributed by atoms with Crippen molar-refractivity contribution < 1.29 is 14.0 Å². The van der Waals surface area contributed by atoms with Crippen molar-refractivity contribution in [2.75, 3.05) is 5.32 Å². The lowest BCUT2D eigenvalue weighted by atomic mass is 10.1. The van der Waals surface area contributed by atoms with E-state index in [0.29, 0.717) is 16.8 Å². The molecule has 0 fully saturated rings. The summed E-state index contributed by atoms with van der Waals surface area (Å²) < 4.78 is 13.6.